The topological polar surface area (TPSA) is 106 Å². The Labute approximate surface area is 282 Å². The quantitative estimate of drug-likeness (QED) is 0.0999. The molecular formula is C35H37ClN6O4S. The number of nitrogens with one attached hydrogen (secondary N) is 1. The normalized spacial score (nSPS) is 13.6. The number of aromatic amines is 1. The molecule has 3 aromatic carbocycles. The van der Waals surface area contributed by atoms with Crippen molar-refractivity contribution in [3.8, 4) is 11.5 Å². The number of fused-ring (bicyclic) bond motifs is 1. The predicted octanol–water partition coefficient (Wildman–Crippen LogP) is 6.24. The number of hydrogen-bond acceptors (Lipinski definition) is 8. The second-order valence-corrected chi connectivity index (χ2v) is 12.8. The number of H-pyrrole nitrogens is 1. The SMILES string of the molecule is COc1ccc(CCN(C)c2cc(Cl)nc(SCc3ccc(C(=O)N4CCC(n5c(=O)[nH]c6ccccc65)CC4)cc3)n2)cc1OC. The standard InChI is InChI=1S/C35H37ClN6O4S/c1-40(17-14-23-10-13-29(45-2)30(20-23)46-3)32-21-31(36)38-34(39-32)47-22-24-8-11-25(12-9-24)33(43)41-18-15-26(16-19-41)42-28-7-5-4-6-27(28)37-35(42)44/h4-13,20-21,26H,14-19,22H2,1-3H3,(H,37,44). The van der Waals surface area contributed by atoms with E-state index in [1.807, 2.05) is 83.2 Å². The van der Waals surface area contributed by atoms with Gasteiger partial charge in [0.25, 0.3) is 5.91 Å². The van der Waals surface area contributed by atoms with Gasteiger partial charge >= 0.3 is 5.69 Å². The number of imidazole rings is 1. The monoisotopic (exact) mass is 672 g/mol. The molecule has 2 aromatic heterocycles. The zero-order valence-electron chi connectivity index (χ0n) is 26.6. The van der Waals surface area contributed by atoms with Crippen molar-refractivity contribution in [3.63, 3.8) is 0 Å². The third kappa shape index (κ3) is 7.41. The lowest BCUT2D eigenvalue weighted by Crippen LogP contribution is -2.40. The molecule has 0 unspecified atom stereocenters. The van der Waals surface area contributed by atoms with Gasteiger partial charge in [0.1, 0.15) is 11.0 Å². The highest BCUT2D eigenvalue weighted by molar-refractivity contribution is 7.98. The van der Waals surface area contributed by atoms with Gasteiger partial charge in [-0.25, -0.2) is 14.8 Å². The summed E-state index contributed by atoms with van der Waals surface area (Å²) in [6.07, 6.45) is 2.25. The summed E-state index contributed by atoms with van der Waals surface area (Å²) in [5.41, 5.74) is 4.48. The highest BCUT2D eigenvalue weighted by Gasteiger charge is 2.26. The third-order valence-corrected chi connectivity index (χ3v) is 9.66. The molecule has 0 radical (unpaired) electrons. The van der Waals surface area contributed by atoms with Crippen LogP contribution in [0.25, 0.3) is 11.0 Å². The molecule has 0 atom stereocenters. The summed E-state index contributed by atoms with van der Waals surface area (Å²) in [6.45, 7) is 1.93. The number of ether oxygens (including phenoxy) is 2. The van der Waals surface area contributed by atoms with Gasteiger partial charge < -0.3 is 24.3 Å². The molecule has 3 heterocycles. The van der Waals surface area contributed by atoms with Crippen molar-refractivity contribution < 1.29 is 14.3 Å². The number of hydrogen-bond donors (Lipinski definition) is 1. The summed E-state index contributed by atoms with van der Waals surface area (Å²) in [5, 5.41) is 0.970. The van der Waals surface area contributed by atoms with Crippen LogP contribution in [-0.4, -0.2) is 71.2 Å². The molecule has 1 aliphatic heterocycles. The van der Waals surface area contributed by atoms with E-state index in [1.54, 1.807) is 20.3 Å². The lowest BCUT2D eigenvalue weighted by Gasteiger charge is -2.32. The molecule has 0 spiro atoms. The number of aromatic nitrogens is 4. The number of methoxy groups -OCH3 is 2. The number of piperidine rings is 1. The van der Waals surface area contributed by atoms with Crippen LogP contribution < -0.4 is 20.1 Å². The van der Waals surface area contributed by atoms with Crippen LogP contribution in [0.5, 0.6) is 11.5 Å². The number of amides is 1. The number of para-hydroxylation sites is 2. The second kappa shape index (κ2) is 14.5. The van der Waals surface area contributed by atoms with Gasteiger partial charge in [-0.05, 0) is 66.8 Å². The summed E-state index contributed by atoms with van der Waals surface area (Å²) in [5.74, 6) is 2.79. The lowest BCUT2D eigenvalue weighted by molar-refractivity contribution is 0.0695. The van der Waals surface area contributed by atoms with E-state index in [2.05, 4.69) is 14.9 Å². The number of carbonyl (C=O) groups excluding carboxylic acids is 1. The molecule has 6 rings (SSSR count). The maximum atomic E-state index is 13.3. The molecule has 10 nitrogen and oxygen atoms in total. The molecule has 0 bridgehead atoms. The number of nitrogens with zero attached hydrogens (tertiary/aromatic N) is 5. The number of benzene rings is 3. The number of thioether (sulfide) groups is 1. The minimum absolute atomic E-state index is 0.00728. The Balaban J connectivity index is 1.02. The molecule has 12 heteroatoms. The Morgan fingerprint density at radius 2 is 1.70 bits per heavy atom. The number of anilines is 1. The van der Waals surface area contributed by atoms with E-state index in [0.29, 0.717) is 46.2 Å². The van der Waals surface area contributed by atoms with Crippen molar-refractivity contribution in [1.29, 1.82) is 0 Å². The smallest absolute Gasteiger partial charge is 0.326 e. The second-order valence-electron chi connectivity index (χ2n) is 11.5. The Bertz CT molecular complexity index is 1920. The van der Waals surface area contributed by atoms with Crippen molar-refractivity contribution in [2.45, 2.75) is 36.2 Å². The van der Waals surface area contributed by atoms with Crippen LogP contribution in [0.4, 0.5) is 5.82 Å². The lowest BCUT2D eigenvalue weighted by atomic mass is 10.0. The van der Waals surface area contributed by atoms with Gasteiger partial charge in [0.15, 0.2) is 16.7 Å². The maximum Gasteiger partial charge on any atom is 0.326 e. The average Bonchev–Trinajstić information content (AvgIpc) is 3.44. The van der Waals surface area contributed by atoms with E-state index in [1.165, 1.54) is 11.8 Å². The van der Waals surface area contributed by atoms with Crippen LogP contribution in [0.3, 0.4) is 0 Å². The Kier molecular flexibility index (Phi) is 10.0. The minimum Gasteiger partial charge on any atom is -0.493 e. The number of rotatable bonds is 11. The Morgan fingerprint density at radius 1 is 0.979 bits per heavy atom. The molecule has 1 saturated heterocycles. The molecule has 244 valence electrons. The summed E-state index contributed by atoms with van der Waals surface area (Å²) < 4.78 is 12.6. The molecule has 1 N–H and O–H groups in total. The number of likely N-dealkylation sites (N-methyl/N-ethyl adjacent to an activating group) is 1. The van der Waals surface area contributed by atoms with Crippen LogP contribution in [0.1, 0.15) is 40.4 Å². The van der Waals surface area contributed by atoms with Crippen molar-refractivity contribution in [3.05, 3.63) is 105 Å². The van der Waals surface area contributed by atoms with Gasteiger partial charge in [-0.15, -0.1) is 0 Å². The summed E-state index contributed by atoms with van der Waals surface area (Å²) in [4.78, 5) is 42.0. The largest absolute Gasteiger partial charge is 0.493 e. The first-order chi connectivity index (χ1) is 22.8. The van der Waals surface area contributed by atoms with E-state index in [-0.39, 0.29) is 17.6 Å². The molecule has 1 aliphatic rings. The van der Waals surface area contributed by atoms with Gasteiger partial charge in [-0.2, -0.15) is 0 Å². The number of carbonyl (C=O) groups is 1. The fourth-order valence-electron chi connectivity index (χ4n) is 5.93. The van der Waals surface area contributed by atoms with Crippen LogP contribution in [-0.2, 0) is 12.2 Å². The van der Waals surface area contributed by atoms with Crippen LogP contribution in [0.2, 0.25) is 5.15 Å². The fraction of sp³-hybridized carbons (Fsp3) is 0.314. The van der Waals surface area contributed by atoms with Crippen molar-refractivity contribution in [1.82, 2.24) is 24.4 Å². The Morgan fingerprint density at radius 3 is 2.45 bits per heavy atom. The predicted molar refractivity (Wildman–Crippen MR) is 186 cm³/mol. The van der Waals surface area contributed by atoms with Crippen molar-refractivity contribution >= 4 is 46.1 Å². The fourth-order valence-corrected chi connectivity index (χ4v) is 6.97. The Hall–Kier alpha value is -4.48. The van der Waals surface area contributed by atoms with Crippen molar-refractivity contribution in [2.75, 3.05) is 45.8 Å². The first-order valence-corrected chi connectivity index (χ1v) is 16.9. The number of halogens is 1. The molecule has 5 aromatic rings. The maximum absolute atomic E-state index is 13.3. The summed E-state index contributed by atoms with van der Waals surface area (Å²) >= 11 is 7.88. The van der Waals surface area contributed by atoms with Crippen LogP contribution >= 0.6 is 23.4 Å². The van der Waals surface area contributed by atoms with E-state index < -0.39 is 0 Å². The molecule has 1 amide bonds. The van der Waals surface area contributed by atoms with Gasteiger partial charge in [0, 0.05) is 50.1 Å². The zero-order valence-corrected chi connectivity index (χ0v) is 28.2. The highest BCUT2D eigenvalue weighted by Crippen LogP contribution is 2.29. The van der Waals surface area contributed by atoms with E-state index in [4.69, 9.17) is 26.1 Å². The molecule has 0 saturated carbocycles. The van der Waals surface area contributed by atoms with Crippen LogP contribution in [0.15, 0.2) is 82.7 Å². The molecule has 0 aliphatic carbocycles. The summed E-state index contributed by atoms with van der Waals surface area (Å²) in [6, 6.07) is 23.2. The summed E-state index contributed by atoms with van der Waals surface area (Å²) in [7, 11) is 5.24. The van der Waals surface area contributed by atoms with Gasteiger partial charge in [-0.3, -0.25) is 9.36 Å². The number of likely N-dealkylation sites (tertiary alicyclic amines) is 1. The van der Waals surface area contributed by atoms with Crippen LogP contribution in [0, 0.1) is 0 Å². The van der Waals surface area contributed by atoms with Crippen molar-refractivity contribution in [2.24, 2.45) is 0 Å². The van der Waals surface area contributed by atoms with Gasteiger partial charge in [0.2, 0.25) is 0 Å². The first-order valence-electron chi connectivity index (χ1n) is 15.5. The average molecular weight is 673 g/mol. The van der Waals surface area contributed by atoms with Gasteiger partial charge in [0.05, 0.1) is 25.3 Å². The highest BCUT2D eigenvalue weighted by atomic mass is 35.5. The zero-order chi connectivity index (χ0) is 32.9. The van der Waals surface area contributed by atoms with E-state index in [0.717, 1.165) is 53.8 Å². The van der Waals surface area contributed by atoms with E-state index in [9.17, 15) is 9.59 Å². The molecule has 1 fully saturated rings. The van der Waals surface area contributed by atoms with Gasteiger partial charge in [-0.1, -0.05) is 53.7 Å². The molecule has 47 heavy (non-hydrogen) atoms. The third-order valence-electron chi connectivity index (χ3n) is 8.55. The van der Waals surface area contributed by atoms with E-state index >= 15 is 0 Å². The first kappa shape index (κ1) is 32.5. The molecular weight excluding hydrogens is 636 g/mol. The minimum atomic E-state index is -0.0954.